The van der Waals surface area contributed by atoms with Crippen LogP contribution >= 0.6 is 0 Å². The fourth-order valence-electron chi connectivity index (χ4n) is 1.08. The second-order valence-electron chi connectivity index (χ2n) is 3.27. The topological polar surface area (TPSA) is 46.2 Å². The Bertz CT molecular complexity index is 212. The monoisotopic (exact) mass is 165 g/mol. The van der Waals surface area contributed by atoms with Crippen LogP contribution in [0.4, 0.5) is 0 Å². The molecule has 66 valence electrons. The molecule has 0 saturated heterocycles. The molecule has 3 N–H and O–H groups in total. The standard InChI is InChI=1S/C10H15NO/c1-7(2)8-3-5-9(6-4-8)10(11)12/h3-7,10,12H,11H2,1-2H3. The van der Waals surface area contributed by atoms with Gasteiger partial charge in [-0.15, -0.1) is 0 Å². The molecule has 0 aliphatic carbocycles. The molecule has 0 bridgehead atoms. The van der Waals surface area contributed by atoms with E-state index in [0.717, 1.165) is 5.56 Å². The first kappa shape index (κ1) is 9.23. The van der Waals surface area contributed by atoms with E-state index in [1.807, 2.05) is 24.3 Å². The summed E-state index contributed by atoms with van der Waals surface area (Å²) >= 11 is 0. The number of benzene rings is 1. The molecule has 2 heteroatoms. The summed E-state index contributed by atoms with van der Waals surface area (Å²) in [6, 6.07) is 7.71. The van der Waals surface area contributed by atoms with Crippen LogP contribution in [-0.2, 0) is 0 Å². The quantitative estimate of drug-likeness (QED) is 0.656. The van der Waals surface area contributed by atoms with E-state index in [1.54, 1.807) is 0 Å². The summed E-state index contributed by atoms with van der Waals surface area (Å²) in [5, 5.41) is 9.03. The normalized spacial score (nSPS) is 13.4. The van der Waals surface area contributed by atoms with Gasteiger partial charge in [-0.3, -0.25) is 0 Å². The maximum absolute atomic E-state index is 9.03. The van der Waals surface area contributed by atoms with Gasteiger partial charge in [-0.05, 0) is 17.0 Å². The summed E-state index contributed by atoms with van der Waals surface area (Å²) in [6.45, 7) is 4.27. The van der Waals surface area contributed by atoms with Gasteiger partial charge in [0.2, 0.25) is 0 Å². The number of rotatable bonds is 2. The van der Waals surface area contributed by atoms with Crippen molar-refractivity contribution < 1.29 is 5.11 Å². The number of hydrogen-bond donors (Lipinski definition) is 2. The van der Waals surface area contributed by atoms with Gasteiger partial charge in [0, 0.05) is 0 Å². The highest BCUT2D eigenvalue weighted by molar-refractivity contribution is 5.25. The second-order valence-corrected chi connectivity index (χ2v) is 3.27. The average molecular weight is 165 g/mol. The minimum atomic E-state index is -0.855. The Morgan fingerprint density at radius 1 is 1.08 bits per heavy atom. The zero-order valence-corrected chi connectivity index (χ0v) is 7.49. The third kappa shape index (κ3) is 2.06. The summed E-state index contributed by atoms with van der Waals surface area (Å²) in [6.07, 6.45) is -0.855. The molecule has 1 unspecified atom stereocenters. The van der Waals surface area contributed by atoms with Crippen molar-refractivity contribution in [2.24, 2.45) is 5.73 Å². The molecule has 0 heterocycles. The predicted octanol–water partition coefficient (Wildman–Crippen LogP) is 1.76. The summed E-state index contributed by atoms with van der Waals surface area (Å²) in [5.74, 6) is 0.522. The largest absolute Gasteiger partial charge is 0.375 e. The van der Waals surface area contributed by atoms with Crippen LogP contribution in [0, 0.1) is 0 Å². The van der Waals surface area contributed by atoms with Gasteiger partial charge in [-0.25, -0.2) is 0 Å². The Kier molecular flexibility index (Phi) is 2.84. The lowest BCUT2D eigenvalue weighted by Gasteiger charge is -2.08. The Morgan fingerprint density at radius 2 is 1.50 bits per heavy atom. The zero-order valence-electron chi connectivity index (χ0n) is 7.49. The molecule has 0 aromatic heterocycles. The molecule has 0 amide bonds. The van der Waals surface area contributed by atoms with E-state index in [-0.39, 0.29) is 0 Å². The molecule has 0 aliphatic heterocycles. The molecule has 1 aromatic carbocycles. The lowest BCUT2D eigenvalue weighted by atomic mass is 10.0. The highest BCUT2D eigenvalue weighted by atomic mass is 16.3. The van der Waals surface area contributed by atoms with Gasteiger partial charge in [0.1, 0.15) is 6.23 Å². The fourth-order valence-corrected chi connectivity index (χ4v) is 1.08. The highest BCUT2D eigenvalue weighted by Crippen LogP contribution is 2.16. The first-order valence-corrected chi connectivity index (χ1v) is 4.14. The molecule has 1 atom stereocenters. The Labute approximate surface area is 73.0 Å². The Balaban J connectivity index is 2.86. The molecule has 0 radical (unpaired) electrons. The number of nitrogens with two attached hydrogens (primary N) is 1. The van der Waals surface area contributed by atoms with Crippen molar-refractivity contribution in [3.05, 3.63) is 35.4 Å². The van der Waals surface area contributed by atoms with Crippen LogP contribution in [0.2, 0.25) is 0 Å². The van der Waals surface area contributed by atoms with Gasteiger partial charge in [0.15, 0.2) is 0 Å². The van der Waals surface area contributed by atoms with Crippen molar-refractivity contribution in [1.82, 2.24) is 0 Å². The molecule has 0 saturated carbocycles. The van der Waals surface area contributed by atoms with Crippen LogP contribution < -0.4 is 5.73 Å². The van der Waals surface area contributed by atoms with E-state index in [1.165, 1.54) is 5.56 Å². The van der Waals surface area contributed by atoms with E-state index in [9.17, 15) is 0 Å². The highest BCUT2D eigenvalue weighted by Gasteiger charge is 2.01. The van der Waals surface area contributed by atoms with Gasteiger partial charge in [0.25, 0.3) is 0 Å². The van der Waals surface area contributed by atoms with Gasteiger partial charge in [-0.2, -0.15) is 0 Å². The molecule has 2 nitrogen and oxygen atoms in total. The van der Waals surface area contributed by atoms with E-state index in [0.29, 0.717) is 5.92 Å². The van der Waals surface area contributed by atoms with E-state index < -0.39 is 6.23 Å². The molecular weight excluding hydrogens is 150 g/mol. The van der Waals surface area contributed by atoms with Crippen LogP contribution in [0.5, 0.6) is 0 Å². The Hall–Kier alpha value is -0.860. The smallest absolute Gasteiger partial charge is 0.128 e. The summed E-state index contributed by atoms with van der Waals surface area (Å²) in [7, 11) is 0. The van der Waals surface area contributed by atoms with Gasteiger partial charge < -0.3 is 10.8 Å². The van der Waals surface area contributed by atoms with E-state index in [4.69, 9.17) is 10.8 Å². The third-order valence-electron chi connectivity index (χ3n) is 1.94. The predicted molar refractivity (Wildman–Crippen MR) is 49.7 cm³/mol. The van der Waals surface area contributed by atoms with Crippen LogP contribution in [-0.4, -0.2) is 5.11 Å². The fraction of sp³-hybridized carbons (Fsp3) is 0.400. The molecule has 0 aliphatic rings. The molecule has 1 aromatic rings. The molecule has 12 heavy (non-hydrogen) atoms. The maximum Gasteiger partial charge on any atom is 0.128 e. The third-order valence-corrected chi connectivity index (χ3v) is 1.94. The molecular formula is C10H15NO. The van der Waals surface area contributed by atoms with Crippen molar-refractivity contribution in [1.29, 1.82) is 0 Å². The Morgan fingerprint density at radius 3 is 1.83 bits per heavy atom. The van der Waals surface area contributed by atoms with Gasteiger partial charge >= 0.3 is 0 Å². The van der Waals surface area contributed by atoms with Crippen LogP contribution in [0.1, 0.15) is 37.1 Å². The van der Waals surface area contributed by atoms with Crippen molar-refractivity contribution in [2.75, 3.05) is 0 Å². The van der Waals surface area contributed by atoms with E-state index in [2.05, 4.69) is 13.8 Å². The maximum atomic E-state index is 9.03. The van der Waals surface area contributed by atoms with Crippen LogP contribution in [0.25, 0.3) is 0 Å². The van der Waals surface area contributed by atoms with E-state index >= 15 is 0 Å². The second kappa shape index (κ2) is 3.70. The molecule has 0 spiro atoms. The van der Waals surface area contributed by atoms with Gasteiger partial charge in [0.05, 0.1) is 0 Å². The first-order chi connectivity index (χ1) is 5.61. The molecule has 1 rings (SSSR count). The minimum absolute atomic E-state index is 0.522. The zero-order chi connectivity index (χ0) is 9.14. The number of hydrogen-bond acceptors (Lipinski definition) is 2. The minimum Gasteiger partial charge on any atom is -0.375 e. The van der Waals surface area contributed by atoms with Crippen molar-refractivity contribution in [3.8, 4) is 0 Å². The van der Waals surface area contributed by atoms with Crippen molar-refractivity contribution >= 4 is 0 Å². The van der Waals surface area contributed by atoms with Crippen molar-refractivity contribution in [3.63, 3.8) is 0 Å². The van der Waals surface area contributed by atoms with Crippen LogP contribution in [0.15, 0.2) is 24.3 Å². The summed E-state index contributed by atoms with van der Waals surface area (Å²) < 4.78 is 0. The summed E-state index contributed by atoms with van der Waals surface area (Å²) in [4.78, 5) is 0. The lowest BCUT2D eigenvalue weighted by Crippen LogP contribution is -2.08. The lowest BCUT2D eigenvalue weighted by molar-refractivity contribution is 0.186. The summed E-state index contributed by atoms with van der Waals surface area (Å²) in [5.41, 5.74) is 7.32. The first-order valence-electron chi connectivity index (χ1n) is 4.14. The van der Waals surface area contributed by atoms with Gasteiger partial charge in [-0.1, -0.05) is 38.1 Å². The number of aliphatic hydroxyl groups is 1. The number of aliphatic hydroxyl groups excluding tert-OH is 1. The SMILES string of the molecule is CC(C)c1ccc(C(N)O)cc1. The van der Waals surface area contributed by atoms with Crippen LogP contribution in [0.3, 0.4) is 0 Å². The molecule has 0 fully saturated rings. The average Bonchev–Trinajstić information content (AvgIpc) is 2.04. The van der Waals surface area contributed by atoms with Crippen molar-refractivity contribution in [2.45, 2.75) is 26.0 Å².